The Hall–Kier alpha value is -0.0800. The van der Waals surface area contributed by atoms with Gasteiger partial charge in [-0.3, -0.25) is 0 Å². The van der Waals surface area contributed by atoms with Crippen molar-refractivity contribution in [2.45, 2.75) is 45.8 Å². The van der Waals surface area contributed by atoms with E-state index in [1.165, 1.54) is 0 Å². The van der Waals surface area contributed by atoms with Gasteiger partial charge in [0.05, 0.1) is 12.2 Å². The van der Waals surface area contributed by atoms with E-state index in [-0.39, 0.29) is 18.1 Å². The Morgan fingerprint density at radius 2 is 1.50 bits per heavy atom. The molecule has 4 atom stereocenters. The largest absolute Gasteiger partial charge is 0.393 e. The first kappa shape index (κ1) is 10.0. The molecule has 2 unspecified atom stereocenters. The Morgan fingerprint density at radius 1 is 1.08 bits per heavy atom. The zero-order valence-corrected chi connectivity index (χ0v) is 8.20. The van der Waals surface area contributed by atoms with Gasteiger partial charge in [-0.15, -0.1) is 0 Å². The van der Waals surface area contributed by atoms with E-state index in [2.05, 4.69) is 20.8 Å². The summed E-state index contributed by atoms with van der Waals surface area (Å²) in [5.74, 6) is 0.925. The van der Waals surface area contributed by atoms with Gasteiger partial charge in [0.2, 0.25) is 0 Å². The Labute approximate surface area is 74.6 Å². The van der Waals surface area contributed by atoms with Gasteiger partial charge in [-0.25, -0.2) is 0 Å². The number of rotatable bonds is 1. The second-order valence-electron chi connectivity index (χ2n) is 4.53. The van der Waals surface area contributed by atoms with Crippen molar-refractivity contribution in [2.75, 3.05) is 0 Å². The van der Waals surface area contributed by atoms with E-state index >= 15 is 0 Å². The molecular weight excluding hydrogens is 152 g/mol. The highest BCUT2D eigenvalue weighted by Gasteiger charge is 2.35. The molecule has 2 N–H and O–H groups in total. The average molecular weight is 172 g/mol. The number of aliphatic hydroxyl groups excluding tert-OH is 2. The van der Waals surface area contributed by atoms with Gasteiger partial charge in [0.15, 0.2) is 0 Å². The molecule has 1 aliphatic rings. The summed E-state index contributed by atoms with van der Waals surface area (Å²) >= 11 is 0. The van der Waals surface area contributed by atoms with E-state index in [0.717, 1.165) is 12.8 Å². The fraction of sp³-hybridized carbons (Fsp3) is 1.00. The second-order valence-corrected chi connectivity index (χ2v) is 4.53. The van der Waals surface area contributed by atoms with Crippen molar-refractivity contribution >= 4 is 0 Å². The summed E-state index contributed by atoms with van der Waals surface area (Å²) in [6.45, 7) is 6.21. The maximum absolute atomic E-state index is 9.72. The highest BCUT2D eigenvalue weighted by molar-refractivity contribution is 4.86. The summed E-state index contributed by atoms with van der Waals surface area (Å²) in [7, 11) is 0. The van der Waals surface area contributed by atoms with Gasteiger partial charge in [-0.05, 0) is 24.7 Å². The summed E-state index contributed by atoms with van der Waals surface area (Å²) in [5.41, 5.74) is 0. The third-order valence-corrected chi connectivity index (χ3v) is 2.95. The molecular formula is C10H20O2. The molecule has 0 spiro atoms. The predicted molar refractivity (Wildman–Crippen MR) is 48.7 cm³/mol. The number of hydrogen-bond acceptors (Lipinski definition) is 2. The molecule has 0 radical (unpaired) electrons. The zero-order valence-electron chi connectivity index (χ0n) is 8.20. The van der Waals surface area contributed by atoms with Crippen LogP contribution in [0.4, 0.5) is 0 Å². The van der Waals surface area contributed by atoms with Crippen LogP contribution in [0.1, 0.15) is 33.6 Å². The van der Waals surface area contributed by atoms with Crippen LogP contribution in [0.25, 0.3) is 0 Å². The molecule has 0 aromatic carbocycles. The minimum absolute atomic E-state index is 0.0844. The maximum atomic E-state index is 9.72. The SMILES string of the molecule is CC1C[C@@H](O)C(C(C)C)[C@@H](O)C1. The molecule has 1 aliphatic carbocycles. The van der Waals surface area contributed by atoms with Crippen molar-refractivity contribution in [1.29, 1.82) is 0 Å². The lowest BCUT2D eigenvalue weighted by Gasteiger charge is -2.38. The predicted octanol–water partition coefficient (Wildman–Crippen LogP) is 1.41. The van der Waals surface area contributed by atoms with E-state index < -0.39 is 0 Å². The van der Waals surface area contributed by atoms with Crippen molar-refractivity contribution in [3.05, 3.63) is 0 Å². The van der Waals surface area contributed by atoms with Gasteiger partial charge >= 0.3 is 0 Å². The normalized spacial score (nSPS) is 43.5. The lowest BCUT2D eigenvalue weighted by atomic mass is 9.73. The quantitative estimate of drug-likeness (QED) is 0.628. The minimum atomic E-state index is -0.302. The van der Waals surface area contributed by atoms with Crippen LogP contribution in [-0.2, 0) is 0 Å². The van der Waals surface area contributed by atoms with Crippen LogP contribution in [0.15, 0.2) is 0 Å². The Kier molecular flexibility index (Phi) is 3.13. The van der Waals surface area contributed by atoms with Crippen LogP contribution < -0.4 is 0 Å². The third kappa shape index (κ3) is 1.99. The first-order valence-electron chi connectivity index (χ1n) is 4.88. The fourth-order valence-electron chi connectivity index (χ4n) is 2.38. The van der Waals surface area contributed by atoms with Gasteiger partial charge in [-0.2, -0.15) is 0 Å². The van der Waals surface area contributed by atoms with Crippen LogP contribution >= 0.6 is 0 Å². The van der Waals surface area contributed by atoms with E-state index in [1.54, 1.807) is 0 Å². The molecule has 1 rings (SSSR count). The van der Waals surface area contributed by atoms with Crippen LogP contribution in [0.2, 0.25) is 0 Å². The average Bonchev–Trinajstić information content (AvgIpc) is 1.82. The van der Waals surface area contributed by atoms with E-state index in [1.807, 2.05) is 0 Å². The summed E-state index contributed by atoms with van der Waals surface area (Å²) in [6.07, 6.45) is 1.09. The molecule has 2 nitrogen and oxygen atoms in total. The first-order chi connectivity index (χ1) is 5.52. The smallest absolute Gasteiger partial charge is 0.0598 e. The molecule has 1 saturated carbocycles. The van der Waals surface area contributed by atoms with Crippen LogP contribution in [0.5, 0.6) is 0 Å². The van der Waals surface area contributed by atoms with Crippen LogP contribution in [-0.4, -0.2) is 22.4 Å². The molecule has 0 bridgehead atoms. The minimum Gasteiger partial charge on any atom is -0.393 e. The Morgan fingerprint density at radius 3 is 1.83 bits per heavy atom. The van der Waals surface area contributed by atoms with Gasteiger partial charge < -0.3 is 10.2 Å². The van der Waals surface area contributed by atoms with Gasteiger partial charge in [-0.1, -0.05) is 20.8 Å². The summed E-state index contributed by atoms with van der Waals surface area (Å²) in [4.78, 5) is 0. The third-order valence-electron chi connectivity index (χ3n) is 2.95. The molecule has 0 saturated heterocycles. The fourth-order valence-corrected chi connectivity index (χ4v) is 2.38. The monoisotopic (exact) mass is 172 g/mol. The molecule has 1 fully saturated rings. The molecule has 0 amide bonds. The summed E-state index contributed by atoms with van der Waals surface area (Å²) < 4.78 is 0. The Balaban J connectivity index is 2.60. The maximum Gasteiger partial charge on any atom is 0.0598 e. The second kappa shape index (κ2) is 3.75. The van der Waals surface area contributed by atoms with E-state index in [4.69, 9.17) is 0 Å². The zero-order chi connectivity index (χ0) is 9.30. The van der Waals surface area contributed by atoms with Crippen molar-refractivity contribution < 1.29 is 10.2 Å². The summed E-state index contributed by atoms with van der Waals surface area (Å²) in [6, 6.07) is 0. The van der Waals surface area contributed by atoms with E-state index in [9.17, 15) is 10.2 Å². The van der Waals surface area contributed by atoms with Crippen molar-refractivity contribution in [3.8, 4) is 0 Å². The lowest BCUT2D eigenvalue weighted by molar-refractivity contribution is -0.0607. The topological polar surface area (TPSA) is 40.5 Å². The van der Waals surface area contributed by atoms with Crippen LogP contribution in [0.3, 0.4) is 0 Å². The standard InChI is InChI=1S/C10H20O2/c1-6(2)10-8(11)4-7(3)5-9(10)12/h6-12H,4-5H2,1-3H3/t7?,8-,9+,10?. The number of hydrogen-bond donors (Lipinski definition) is 2. The van der Waals surface area contributed by atoms with Gasteiger partial charge in [0, 0.05) is 5.92 Å². The first-order valence-corrected chi connectivity index (χ1v) is 4.88. The highest BCUT2D eigenvalue weighted by Crippen LogP contribution is 2.33. The molecule has 0 aromatic rings. The van der Waals surface area contributed by atoms with E-state index in [0.29, 0.717) is 11.8 Å². The van der Waals surface area contributed by atoms with Crippen LogP contribution in [0, 0.1) is 17.8 Å². The van der Waals surface area contributed by atoms with Crippen molar-refractivity contribution in [1.82, 2.24) is 0 Å². The molecule has 72 valence electrons. The molecule has 2 heteroatoms. The van der Waals surface area contributed by atoms with Gasteiger partial charge in [0.25, 0.3) is 0 Å². The highest BCUT2D eigenvalue weighted by atomic mass is 16.3. The van der Waals surface area contributed by atoms with Gasteiger partial charge in [0.1, 0.15) is 0 Å². The molecule has 12 heavy (non-hydrogen) atoms. The Bertz CT molecular complexity index is 133. The van der Waals surface area contributed by atoms with Crippen molar-refractivity contribution in [2.24, 2.45) is 17.8 Å². The molecule has 0 heterocycles. The number of aliphatic hydroxyl groups is 2. The molecule has 0 aliphatic heterocycles. The molecule has 0 aromatic heterocycles. The summed E-state index contributed by atoms with van der Waals surface area (Å²) in [5, 5.41) is 19.4. The van der Waals surface area contributed by atoms with Crippen molar-refractivity contribution in [3.63, 3.8) is 0 Å². The lowest BCUT2D eigenvalue weighted by Crippen LogP contribution is -2.42.